The van der Waals surface area contributed by atoms with E-state index >= 15 is 0 Å². The number of likely N-dealkylation sites (N-methyl/N-ethyl adjacent to an activating group) is 1. The summed E-state index contributed by atoms with van der Waals surface area (Å²) in [6, 6.07) is 14.1. The summed E-state index contributed by atoms with van der Waals surface area (Å²) in [7, 11) is 0. The van der Waals surface area contributed by atoms with Gasteiger partial charge in [-0.25, -0.2) is 4.39 Å². The molecule has 0 aliphatic heterocycles. The highest BCUT2D eigenvalue weighted by atomic mass is 35.5. The highest BCUT2D eigenvalue weighted by Crippen LogP contribution is 2.16. The molecule has 0 saturated heterocycles. The highest BCUT2D eigenvalue weighted by molar-refractivity contribution is 6.30. The molecular formula is C17H19ClFNO. The molecule has 1 unspecified atom stereocenters. The van der Waals surface area contributed by atoms with Crippen molar-refractivity contribution in [3.05, 3.63) is 64.9 Å². The maximum absolute atomic E-state index is 12.9. The van der Waals surface area contributed by atoms with Crippen LogP contribution in [0, 0.1) is 5.82 Å². The summed E-state index contributed by atoms with van der Waals surface area (Å²) in [6.45, 7) is 3.46. The predicted octanol–water partition coefficient (Wildman–Crippen LogP) is 4.08. The van der Waals surface area contributed by atoms with E-state index in [0.717, 1.165) is 24.3 Å². The van der Waals surface area contributed by atoms with Crippen molar-refractivity contribution in [1.82, 2.24) is 5.32 Å². The van der Waals surface area contributed by atoms with Gasteiger partial charge in [-0.2, -0.15) is 0 Å². The first-order valence-electron chi connectivity index (χ1n) is 7.03. The molecule has 0 heterocycles. The van der Waals surface area contributed by atoms with Crippen LogP contribution in [0.1, 0.15) is 12.5 Å². The van der Waals surface area contributed by atoms with Gasteiger partial charge in [-0.05, 0) is 54.9 Å². The van der Waals surface area contributed by atoms with Crippen LogP contribution in [0.2, 0.25) is 5.02 Å². The Kier molecular flexibility index (Phi) is 6.03. The molecule has 21 heavy (non-hydrogen) atoms. The molecule has 2 aromatic rings. The van der Waals surface area contributed by atoms with Gasteiger partial charge in [0.1, 0.15) is 18.2 Å². The second-order valence-corrected chi connectivity index (χ2v) is 5.29. The van der Waals surface area contributed by atoms with Crippen LogP contribution in [-0.2, 0) is 6.42 Å². The van der Waals surface area contributed by atoms with E-state index in [4.69, 9.17) is 16.3 Å². The molecule has 0 amide bonds. The molecular weight excluding hydrogens is 289 g/mol. The minimum atomic E-state index is -0.212. The third-order valence-corrected chi connectivity index (χ3v) is 3.40. The van der Waals surface area contributed by atoms with Gasteiger partial charge in [0.15, 0.2) is 0 Å². The quantitative estimate of drug-likeness (QED) is 0.832. The zero-order chi connectivity index (χ0) is 15.1. The summed E-state index contributed by atoms with van der Waals surface area (Å²) < 4.78 is 18.7. The fourth-order valence-electron chi connectivity index (χ4n) is 2.11. The molecule has 4 heteroatoms. The Labute approximate surface area is 129 Å². The molecule has 0 fully saturated rings. The monoisotopic (exact) mass is 307 g/mol. The van der Waals surface area contributed by atoms with Crippen molar-refractivity contribution >= 4 is 11.6 Å². The van der Waals surface area contributed by atoms with Crippen molar-refractivity contribution in [3.8, 4) is 5.75 Å². The second kappa shape index (κ2) is 8.01. The number of hydrogen-bond acceptors (Lipinski definition) is 2. The molecule has 1 N–H and O–H groups in total. The van der Waals surface area contributed by atoms with Gasteiger partial charge in [0.25, 0.3) is 0 Å². The fraction of sp³-hybridized carbons (Fsp3) is 0.294. The number of benzene rings is 2. The van der Waals surface area contributed by atoms with Gasteiger partial charge in [0.05, 0.1) is 0 Å². The van der Waals surface area contributed by atoms with Crippen molar-refractivity contribution in [1.29, 1.82) is 0 Å². The summed E-state index contributed by atoms with van der Waals surface area (Å²) >= 11 is 5.85. The van der Waals surface area contributed by atoms with Crippen LogP contribution in [-0.4, -0.2) is 19.2 Å². The molecule has 0 aromatic heterocycles. The van der Waals surface area contributed by atoms with Gasteiger partial charge in [0, 0.05) is 11.1 Å². The van der Waals surface area contributed by atoms with Gasteiger partial charge in [-0.15, -0.1) is 0 Å². The van der Waals surface area contributed by atoms with Gasteiger partial charge in [-0.1, -0.05) is 30.7 Å². The van der Waals surface area contributed by atoms with Crippen LogP contribution < -0.4 is 10.1 Å². The van der Waals surface area contributed by atoms with Crippen LogP contribution in [0.15, 0.2) is 48.5 Å². The third kappa shape index (κ3) is 5.37. The molecule has 0 spiro atoms. The first kappa shape index (κ1) is 15.8. The van der Waals surface area contributed by atoms with E-state index in [-0.39, 0.29) is 11.9 Å². The summed E-state index contributed by atoms with van der Waals surface area (Å²) in [6.07, 6.45) is 0.793. The minimum Gasteiger partial charge on any atom is -0.492 e. The van der Waals surface area contributed by atoms with Crippen molar-refractivity contribution in [2.45, 2.75) is 19.4 Å². The summed E-state index contributed by atoms with van der Waals surface area (Å²) in [5.74, 6) is 0.581. The van der Waals surface area contributed by atoms with E-state index in [9.17, 15) is 4.39 Å². The molecule has 0 aliphatic carbocycles. The normalized spacial score (nSPS) is 12.1. The predicted molar refractivity (Wildman–Crippen MR) is 84.5 cm³/mol. The molecule has 0 aliphatic rings. The van der Waals surface area contributed by atoms with Crippen LogP contribution in [0.4, 0.5) is 4.39 Å². The van der Waals surface area contributed by atoms with Crippen LogP contribution in [0.25, 0.3) is 0 Å². The van der Waals surface area contributed by atoms with E-state index in [1.165, 1.54) is 12.1 Å². The van der Waals surface area contributed by atoms with E-state index in [0.29, 0.717) is 11.6 Å². The number of ether oxygens (including phenoxy) is 1. The SMILES string of the molecule is CCNC(COc1ccc(Cl)cc1)Cc1ccc(F)cc1. The average molecular weight is 308 g/mol. The summed E-state index contributed by atoms with van der Waals surface area (Å²) in [5.41, 5.74) is 1.09. The zero-order valence-electron chi connectivity index (χ0n) is 12.0. The molecule has 2 nitrogen and oxygen atoms in total. The summed E-state index contributed by atoms with van der Waals surface area (Å²) in [5, 5.41) is 4.07. The zero-order valence-corrected chi connectivity index (χ0v) is 12.7. The van der Waals surface area contributed by atoms with Gasteiger partial charge < -0.3 is 10.1 Å². The van der Waals surface area contributed by atoms with Crippen molar-refractivity contribution in [2.24, 2.45) is 0 Å². The van der Waals surface area contributed by atoms with Crippen LogP contribution in [0.3, 0.4) is 0 Å². The van der Waals surface area contributed by atoms with Crippen molar-refractivity contribution < 1.29 is 9.13 Å². The first-order valence-corrected chi connectivity index (χ1v) is 7.41. The molecule has 0 bridgehead atoms. The summed E-state index contributed by atoms with van der Waals surface area (Å²) in [4.78, 5) is 0. The lowest BCUT2D eigenvalue weighted by atomic mass is 10.1. The molecule has 0 radical (unpaired) electrons. The maximum atomic E-state index is 12.9. The average Bonchev–Trinajstić information content (AvgIpc) is 2.49. The topological polar surface area (TPSA) is 21.3 Å². The smallest absolute Gasteiger partial charge is 0.123 e. The van der Waals surface area contributed by atoms with E-state index in [2.05, 4.69) is 12.2 Å². The Balaban J connectivity index is 1.92. The van der Waals surface area contributed by atoms with E-state index in [1.807, 2.05) is 24.3 Å². The molecule has 112 valence electrons. The maximum Gasteiger partial charge on any atom is 0.123 e. The molecule has 0 saturated carbocycles. The second-order valence-electron chi connectivity index (χ2n) is 4.85. The number of halogens is 2. The molecule has 2 rings (SSSR count). The Bertz CT molecular complexity index is 542. The first-order chi connectivity index (χ1) is 10.2. The lowest BCUT2D eigenvalue weighted by molar-refractivity contribution is 0.265. The van der Waals surface area contributed by atoms with Crippen LogP contribution in [0.5, 0.6) is 5.75 Å². The number of hydrogen-bond donors (Lipinski definition) is 1. The standard InChI is InChI=1S/C17H19ClFNO/c1-2-20-16(11-13-3-7-15(19)8-4-13)12-21-17-9-5-14(18)6-10-17/h3-10,16,20H,2,11-12H2,1H3. The van der Waals surface area contributed by atoms with Crippen molar-refractivity contribution in [3.63, 3.8) is 0 Å². The highest BCUT2D eigenvalue weighted by Gasteiger charge is 2.09. The Hall–Kier alpha value is -1.58. The van der Waals surface area contributed by atoms with Gasteiger partial charge in [0.2, 0.25) is 0 Å². The fourth-order valence-corrected chi connectivity index (χ4v) is 2.24. The molecule has 1 atom stereocenters. The van der Waals surface area contributed by atoms with Gasteiger partial charge in [-0.3, -0.25) is 0 Å². The van der Waals surface area contributed by atoms with Crippen LogP contribution >= 0.6 is 11.6 Å². The largest absolute Gasteiger partial charge is 0.492 e. The lowest BCUT2D eigenvalue weighted by Crippen LogP contribution is -2.36. The number of nitrogens with one attached hydrogen (secondary N) is 1. The minimum absolute atomic E-state index is 0.177. The Morgan fingerprint density at radius 3 is 2.38 bits per heavy atom. The Morgan fingerprint density at radius 2 is 1.76 bits per heavy atom. The van der Waals surface area contributed by atoms with E-state index in [1.54, 1.807) is 12.1 Å². The number of rotatable bonds is 7. The molecule has 2 aromatic carbocycles. The van der Waals surface area contributed by atoms with Crippen molar-refractivity contribution in [2.75, 3.05) is 13.2 Å². The van der Waals surface area contributed by atoms with E-state index < -0.39 is 0 Å². The Morgan fingerprint density at radius 1 is 1.10 bits per heavy atom. The third-order valence-electron chi connectivity index (χ3n) is 3.15. The lowest BCUT2D eigenvalue weighted by Gasteiger charge is -2.18. The van der Waals surface area contributed by atoms with Gasteiger partial charge >= 0.3 is 0 Å².